The van der Waals surface area contributed by atoms with Crippen molar-refractivity contribution in [2.75, 3.05) is 0 Å². The smallest absolute Gasteiger partial charge is 0.137 e. The maximum Gasteiger partial charge on any atom is 0.137 e. The van der Waals surface area contributed by atoms with Crippen LogP contribution in [0.5, 0.6) is 0 Å². The van der Waals surface area contributed by atoms with Crippen molar-refractivity contribution in [3.63, 3.8) is 0 Å². The zero-order chi connectivity index (χ0) is 9.97. The molecule has 0 aromatic heterocycles. The van der Waals surface area contributed by atoms with Crippen molar-refractivity contribution < 1.29 is 4.79 Å². The normalized spacial score (nSPS) is 15.5. The summed E-state index contributed by atoms with van der Waals surface area (Å²) >= 11 is 0. The van der Waals surface area contributed by atoms with E-state index in [4.69, 9.17) is 0 Å². The molecule has 0 saturated heterocycles. The van der Waals surface area contributed by atoms with Gasteiger partial charge in [0.05, 0.1) is 0 Å². The lowest BCUT2D eigenvalue weighted by Gasteiger charge is -2.01. The summed E-state index contributed by atoms with van der Waals surface area (Å²) in [5.74, 6) is 1.12. The molecule has 0 N–H and O–H groups in total. The van der Waals surface area contributed by atoms with E-state index in [0.717, 1.165) is 12.0 Å². The molecule has 1 aromatic rings. The van der Waals surface area contributed by atoms with Gasteiger partial charge in [0.15, 0.2) is 0 Å². The third-order valence-corrected chi connectivity index (χ3v) is 2.70. The number of aryl methyl sites for hydroxylation is 1. The Bertz CT molecular complexity index is 337. The third kappa shape index (κ3) is 2.69. The van der Waals surface area contributed by atoms with Gasteiger partial charge in [-0.1, -0.05) is 29.8 Å². The highest BCUT2D eigenvalue weighted by molar-refractivity contribution is 5.81. The minimum Gasteiger partial charge on any atom is -0.299 e. The van der Waals surface area contributed by atoms with Gasteiger partial charge < -0.3 is 0 Å². The number of ketones is 1. The van der Waals surface area contributed by atoms with Crippen LogP contribution in [-0.2, 0) is 11.2 Å². The van der Waals surface area contributed by atoms with Gasteiger partial charge in [-0.2, -0.15) is 0 Å². The van der Waals surface area contributed by atoms with Gasteiger partial charge in [0, 0.05) is 12.8 Å². The molecule has 0 radical (unpaired) electrons. The van der Waals surface area contributed by atoms with Gasteiger partial charge in [-0.05, 0) is 31.2 Å². The summed E-state index contributed by atoms with van der Waals surface area (Å²) < 4.78 is 0. The number of hydrogen-bond acceptors (Lipinski definition) is 1. The Morgan fingerprint density at radius 3 is 2.86 bits per heavy atom. The van der Waals surface area contributed by atoms with Gasteiger partial charge in [0.2, 0.25) is 0 Å². The minimum absolute atomic E-state index is 0.401. The highest BCUT2D eigenvalue weighted by atomic mass is 16.1. The summed E-state index contributed by atoms with van der Waals surface area (Å²) in [4.78, 5) is 11.6. The molecule has 0 spiro atoms. The Morgan fingerprint density at radius 2 is 2.21 bits per heavy atom. The van der Waals surface area contributed by atoms with Crippen LogP contribution in [-0.4, -0.2) is 5.78 Å². The lowest BCUT2D eigenvalue weighted by molar-refractivity contribution is -0.118. The summed E-state index contributed by atoms with van der Waals surface area (Å²) in [7, 11) is 0. The molecule has 1 nitrogen and oxygen atoms in total. The van der Waals surface area contributed by atoms with Gasteiger partial charge in [-0.15, -0.1) is 0 Å². The lowest BCUT2D eigenvalue weighted by Crippen LogP contribution is -2.03. The molecule has 2 rings (SSSR count). The molecule has 0 aliphatic heterocycles. The molecule has 1 aliphatic rings. The summed E-state index contributed by atoms with van der Waals surface area (Å²) in [6, 6.07) is 8.23. The molecule has 0 unspecified atom stereocenters. The molecular weight excluding hydrogens is 172 g/mol. The first-order valence-electron chi connectivity index (χ1n) is 5.31. The predicted octanol–water partition coefficient (Wildman–Crippen LogP) is 2.91. The summed E-state index contributed by atoms with van der Waals surface area (Å²) in [6.45, 7) is 2.06. The number of hydrogen-bond donors (Lipinski definition) is 0. The van der Waals surface area contributed by atoms with Gasteiger partial charge >= 0.3 is 0 Å². The molecule has 1 fully saturated rings. The van der Waals surface area contributed by atoms with Crippen molar-refractivity contribution in [2.45, 2.75) is 32.6 Å². The molecule has 1 aliphatic carbocycles. The van der Waals surface area contributed by atoms with E-state index in [-0.39, 0.29) is 0 Å². The average Bonchev–Trinajstić information content (AvgIpc) is 2.87. The monoisotopic (exact) mass is 188 g/mol. The number of carbonyl (C=O) groups excluding carboxylic acids is 1. The number of Topliss-reactive ketones (excluding diaryl/α,β-unsaturated/α-hetero) is 1. The van der Waals surface area contributed by atoms with E-state index < -0.39 is 0 Å². The van der Waals surface area contributed by atoms with Crippen LogP contribution in [0.4, 0.5) is 0 Å². The van der Waals surface area contributed by atoms with Gasteiger partial charge in [-0.25, -0.2) is 0 Å². The van der Waals surface area contributed by atoms with E-state index >= 15 is 0 Å². The van der Waals surface area contributed by atoms with Gasteiger partial charge in [-0.3, -0.25) is 4.79 Å². The number of carbonyl (C=O) groups is 1. The van der Waals surface area contributed by atoms with Crippen molar-refractivity contribution in [1.82, 2.24) is 0 Å². The predicted molar refractivity (Wildman–Crippen MR) is 57.2 cm³/mol. The Morgan fingerprint density at radius 1 is 1.43 bits per heavy atom. The first kappa shape index (κ1) is 9.45. The molecule has 0 heterocycles. The van der Waals surface area contributed by atoms with Gasteiger partial charge in [0.1, 0.15) is 5.78 Å². The van der Waals surface area contributed by atoms with Crippen molar-refractivity contribution in [3.05, 3.63) is 35.4 Å². The van der Waals surface area contributed by atoms with Crippen LogP contribution < -0.4 is 0 Å². The van der Waals surface area contributed by atoms with Crippen LogP contribution >= 0.6 is 0 Å². The van der Waals surface area contributed by atoms with E-state index in [1.54, 1.807) is 0 Å². The average molecular weight is 188 g/mol. The molecule has 0 bridgehead atoms. The number of rotatable bonds is 4. The fourth-order valence-electron chi connectivity index (χ4n) is 1.77. The van der Waals surface area contributed by atoms with Crippen LogP contribution in [0.15, 0.2) is 24.3 Å². The summed E-state index contributed by atoms with van der Waals surface area (Å²) in [5.41, 5.74) is 2.40. The first-order chi connectivity index (χ1) is 6.74. The highest BCUT2D eigenvalue weighted by Crippen LogP contribution is 2.32. The second-order valence-corrected chi connectivity index (χ2v) is 4.35. The van der Waals surface area contributed by atoms with Gasteiger partial charge in [0.25, 0.3) is 0 Å². The Hall–Kier alpha value is -1.11. The maximum absolute atomic E-state index is 11.6. The third-order valence-electron chi connectivity index (χ3n) is 2.70. The van der Waals surface area contributed by atoms with Crippen LogP contribution in [0.1, 0.15) is 30.4 Å². The Balaban J connectivity index is 1.92. The fraction of sp³-hybridized carbons (Fsp3) is 0.462. The zero-order valence-electron chi connectivity index (χ0n) is 8.62. The number of benzene rings is 1. The quantitative estimate of drug-likeness (QED) is 0.710. The van der Waals surface area contributed by atoms with Crippen molar-refractivity contribution in [1.29, 1.82) is 0 Å². The van der Waals surface area contributed by atoms with Crippen molar-refractivity contribution in [3.8, 4) is 0 Å². The standard InChI is InChI=1S/C13H16O/c1-10-3-2-4-12(7-10)9-13(14)8-11-5-6-11/h2-4,7,11H,5-6,8-9H2,1H3. The minimum atomic E-state index is 0.401. The molecule has 0 atom stereocenters. The molecule has 14 heavy (non-hydrogen) atoms. The van der Waals surface area contributed by atoms with Crippen LogP contribution in [0.2, 0.25) is 0 Å². The second kappa shape index (κ2) is 3.95. The highest BCUT2D eigenvalue weighted by Gasteiger charge is 2.24. The molecule has 1 aromatic carbocycles. The van der Waals surface area contributed by atoms with Crippen LogP contribution in [0.25, 0.3) is 0 Å². The van der Waals surface area contributed by atoms with E-state index in [9.17, 15) is 4.79 Å². The second-order valence-electron chi connectivity index (χ2n) is 4.35. The maximum atomic E-state index is 11.6. The fourth-order valence-corrected chi connectivity index (χ4v) is 1.77. The Labute approximate surface area is 85.1 Å². The van der Waals surface area contributed by atoms with E-state index in [2.05, 4.69) is 19.1 Å². The Kier molecular flexibility index (Phi) is 2.67. The van der Waals surface area contributed by atoms with Crippen molar-refractivity contribution >= 4 is 5.78 Å². The van der Waals surface area contributed by atoms with Crippen LogP contribution in [0.3, 0.4) is 0 Å². The summed E-state index contributed by atoms with van der Waals surface area (Å²) in [5, 5.41) is 0. The largest absolute Gasteiger partial charge is 0.299 e. The summed E-state index contributed by atoms with van der Waals surface area (Å²) in [6.07, 6.45) is 3.95. The molecule has 74 valence electrons. The molecule has 0 amide bonds. The molecule has 1 heteroatoms. The van der Waals surface area contributed by atoms with E-state index in [1.807, 2.05) is 12.1 Å². The zero-order valence-corrected chi connectivity index (χ0v) is 8.62. The topological polar surface area (TPSA) is 17.1 Å². The van der Waals surface area contributed by atoms with E-state index in [0.29, 0.717) is 18.1 Å². The lowest BCUT2D eigenvalue weighted by atomic mass is 10.0. The molecular formula is C13H16O. The van der Waals surface area contributed by atoms with Crippen LogP contribution in [0, 0.1) is 12.8 Å². The van der Waals surface area contributed by atoms with Crippen molar-refractivity contribution in [2.24, 2.45) is 5.92 Å². The molecule has 1 saturated carbocycles. The van der Waals surface area contributed by atoms with E-state index in [1.165, 1.54) is 18.4 Å². The first-order valence-corrected chi connectivity index (χ1v) is 5.31. The SMILES string of the molecule is Cc1cccc(CC(=O)CC2CC2)c1.